The van der Waals surface area contributed by atoms with Crippen LogP contribution in [-0.2, 0) is 6.42 Å². The number of hydrogen-bond donors (Lipinski definition) is 0. The van der Waals surface area contributed by atoms with Gasteiger partial charge in [0.05, 0.1) is 0 Å². The Morgan fingerprint density at radius 3 is 2.31 bits per heavy atom. The fraction of sp³-hybridized carbons (Fsp3) is 0.500. The number of benzene rings is 1. The molecule has 1 heteroatoms. The van der Waals surface area contributed by atoms with E-state index in [1.165, 1.54) is 18.4 Å². The largest absolute Gasteiger partial charge is 0.0891 e. The molecule has 0 bridgehead atoms. The molecule has 0 aliphatic carbocycles. The van der Waals surface area contributed by atoms with Crippen molar-refractivity contribution >= 4 is 15.9 Å². The fourth-order valence-electron chi connectivity index (χ4n) is 1.55. The van der Waals surface area contributed by atoms with Gasteiger partial charge in [-0.3, -0.25) is 0 Å². The summed E-state index contributed by atoms with van der Waals surface area (Å²) in [6, 6.07) is 10.7. The van der Waals surface area contributed by atoms with Crippen molar-refractivity contribution < 1.29 is 0 Å². The van der Waals surface area contributed by atoms with Crippen LogP contribution in [0.25, 0.3) is 0 Å². The molecule has 2 atom stereocenters. The number of rotatable bonds is 4. The molecule has 1 aromatic rings. The molecule has 0 saturated carbocycles. The van der Waals surface area contributed by atoms with Gasteiger partial charge >= 0.3 is 0 Å². The topological polar surface area (TPSA) is 0 Å². The maximum Gasteiger partial charge on any atom is 0.0148 e. The highest BCUT2D eigenvalue weighted by Crippen LogP contribution is 2.20. The molecule has 0 amide bonds. The van der Waals surface area contributed by atoms with E-state index in [0.717, 1.165) is 5.92 Å². The van der Waals surface area contributed by atoms with Crippen LogP contribution in [0.3, 0.4) is 0 Å². The number of halogens is 1. The van der Waals surface area contributed by atoms with Crippen LogP contribution in [-0.4, -0.2) is 4.83 Å². The van der Waals surface area contributed by atoms with Gasteiger partial charge in [0.2, 0.25) is 0 Å². The van der Waals surface area contributed by atoms with Gasteiger partial charge in [-0.05, 0) is 17.9 Å². The highest BCUT2D eigenvalue weighted by atomic mass is 79.9. The minimum atomic E-state index is 0.609. The summed E-state index contributed by atoms with van der Waals surface area (Å²) in [6.45, 7) is 4.49. The lowest BCUT2D eigenvalue weighted by Gasteiger charge is -2.17. The number of alkyl halides is 1. The Hall–Kier alpha value is -0.300. The number of hydrogen-bond acceptors (Lipinski definition) is 0. The zero-order valence-corrected chi connectivity index (χ0v) is 9.92. The molecule has 1 aromatic carbocycles. The van der Waals surface area contributed by atoms with Gasteiger partial charge in [-0.1, -0.05) is 66.5 Å². The van der Waals surface area contributed by atoms with Gasteiger partial charge in [0.15, 0.2) is 0 Å². The third kappa shape index (κ3) is 3.51. The van der Waals surface area contributed by atoms with Crippen LogP contribution in [0, 0.1) is 5.92 Å². The van der Waals surface area contributed by atoms with Crippen LogP contribution in [0.1, 0.15) is 25.8 Å². The smallest absolute Gasteiger partial charge is 0.0148 e. The van der Waals surface area contributed by atoms with Crippen molar-refractivity contribution in [2.24, 2.45) is 5.92 Å². The summed E-state index contributed by atoms with van der Waals surface area (Å²) in [4.78, 5) is 0.609. The van der Waals surface area contributed by atoms with Gasteiger partial charge in [-0.2, -0.15) is 0 Å². The third-order valence-corrected chi connectivity index (χ3v) is 3.26. The predicted octanol–water partition coefficient (Wildman–Crippen LogP) is 4.04. The average Bonchev–Trinajstić information content (AvgIpc) is 2.15. The lowest BCUT2D eigenvalue weighted by molar-refractivity contribution is 0.508. The molecule has 0 nitrogen and oxygen atoms in total. The highest BCUT2D eigenvalue weighted by Gasteiger charge is 2.12. The van der Waals surface area contributed by atoms with Crippen LogP contribution >= 0.6 is 15.9 Å². The normalized spacial score (nSPS) is 15.3. The molecule has 0 spiro atoms. The SMILES string of the molecule is CCC(Cc1ccccc1)C(C)Br. The molecular weight excluding hydrogens is 224 g/mol. The maximum atomic E-state index is 3.66. The summed E-state index contributed by atoms with van der Waals surface area (Å²) in [5.41, 5.74) is 1.45. The Morgan fingerprint density at radius 1 is 1.23 bits per heavy atom. The minimum Gasteiger partial charge on any atom is -0.0891 e. The first-order chi connectivity index (χ1) is 6.24. The predicted molar refractivity (Wildman–Crippen MR) is 62.3 cm³/mol. The second-order valence-electron chi connectivity index (χ2n) is 3.54. The van der Waals surface area contributed by atoms with E-state index < -0.39 is 0 Å². The Morgan fingerprint density at radius 2 is 1.85 bits per heavy atom. The second kappa shape index (κ2) is 5.43. The monoisotopic (exact) mass is 240 g/mol. The van der Waals surface area contributed by atoms with Crippen LogP contribution in [0.5, 0.6) is 0 Å². The van der Waals surface area contributed by atoms with E-state index in [1.54, 1.807) is 0 Å². The molecule has 13 heavy (non-hydrogen) atoms. The Labute approximate surface area is 89.5 Å². The Balaban J connectivity index is 2.57. The molecule has 0 aliphatic heterocycles. The summed E-state index contributed by atoms with van der Waals surface area (Å²) in [6.07, 6.45) is 2.42. The summed E-state index contributed by atoms with van der Waals surface area (Å²) in [5, 5.41) is 0. The van der Waals surface area contributed by atoms with Crippen molar-refractivity contribution in [1.82, 2.24) is 0 Å². The Bertz CT molecular complexity index is 228. The van der Waals surface area contributed by atoms with E-state index in [-0.39, 0.29) is 0 Å². The standard InChI is InChI=1S/C12H17Br/c1-3-12(10(2)13)9-11-7-5-4-6-8-11/h4-8,10,12H,3,9H2,1-2H3. The third-order valence-electron chi connectivity index (χ3n) is 2.51. The first-order valence-electron chi connectivity index (χ1n) is 4.92. The van der Waals surface area contributed by atoms with Gasteiger partial charge in [-0.15, -0.1) is 0 Å². The zero-order chi connectivity index (χ0) is 9.68. The minimum absolute atomic E-state index is 0.609. The lowest BCUT2D eigenvalue weighted by Crippen LogP contribution is -2.12. The van der Waals surface area contributed by atoms with E-state index in [4.69, 9.17) is 0 Å². The van der Waals surface area contributed by atoms with Gasteiger partial charge < -0.3 is 0 Å². The molecule has 0 radical (unpaired) electrons. The zero-order valence-electron chi connectivity index (χ0n) is 8.33. The molecule has 72 valence electrons. The van der Waals surface area contributed by atoms with E-state index in [9.17, 15) is 0 Å². The van der Waals surface area contributed by atoms with Crippen molar-refractivity contribution in [3.05, 3.63) is 35.9 Å². The Kier molecular flexibility index (Phi) is 4.51. The van der Waals surface area contributed by atoms with Crippen LogP contribution in [0.2, 0.25) is 0 Å². The second-order valence-corrected chi connectivity index (χ2v) is 4.98. The first kappa shape index (κ1) is 10.8. The van der Waals surface area contributed by atoms with Crippen molar-refractivity contribution in [3.8, 4) is 0 Å². The quantitative estimate of drug-likeness (QED) is 0.698. The maximum absolute atomic E-state index is 3.66. The summed E-state index contributed by atoms with van der Waals surface area (Å²) >= 11 is 3.66. The molecule has 0 fully saturated rings. The molecule has 0 heterocycles. The molecule has 2 unspecified atom stereocenters. The van der Waals surface area contributed by atoms with Gasteiger partial charge in [0, 0.05) is 4.83 Å². The molecule has 0 aliphatic rings. The van der Waals surface area contributed by atoms with E-state index in [0.29, 0.717) is 4.83 Å². The summed E-state index contributed by atoms with van der Waals surface area (Å²) in [7, 11) is 0. The molecule has 0 aromatic heterocycles. The van der Waals surface area contributed by atoms with Gasteiger partial charge in [0.1, 0.15) is 0 Å². The van der Waals surface area contributed by atoms with Crippen molar-refractivity contribution in [1.29, 1.82) is 0 Å². The molecule has 0 N–H and O–H groups in total. The van der Waals surface area contributed by atoms with Gasteiger partial charge in [-0.25, -0.2) is 0 Å². The molecule has 1 rings (SSSR count). The summed E-state index contributed by atoms with van der Waals surface area (Å²) < 4.78 is 0. The van der Waals surface area contributed by atoms with Crippen molar-refractivity contribution in [2.45, 2.75) is 31.5 Å². The van der Waals surface area contributed by atoms with E-state index in [1.807, 2.05) is 0 Å². The fourth-order valence-corrected chi connectivity index (χ4v) is 2.11. The van der Waals surface area contributed by atoms with Crippen LogP contribution in [0.4, 0.5) is 0 Å². The van der Waals surface area contributed by atoms with Crippen LogP contribution < -0.4 is 0 Å². The average molecular weight is 241 g/mol. The van der Waals surface area contributed by atoms with E-state index >= 15 is 0 Å². The lowest BCUT2D eigenvalue weighted by atomic mass is 9.95. The van der Waals surface area contributed by atoms with Crippen molar-refractivity contribution in [3.63, 3.8) is 0 Å². The first-order valence-corrected chi connectivity index (χ1v) is 5.83. The van der Waals surface area contributed by atoms with Gasteiger partial charge in [0.25, 0.3) is 0 Å². The van der Waals surface area contributed by atoms with Crippen molar-refractivity contribution in [2.75, 3.05) is 0 Å². The molecular formula is C12H17Br. The van der Waals surface area contributed by atoms with Crippen LogP contribution in [0.15, 0.2) is 30.3 Å². The summed E-state index contributed by atoms with van der Waals surface area (Å²) in [5.74, 6) is 0.752. The molecule has 0 saturated heterocycles. The highest BCUT2D eigenvalue weighted by molar-refractivity contribution is 9.09. The van der Waals surface area contributed by atoms with E-state index in [2.05, 4.69) is 60.1 Å².